The maximum absolute atomic E-state index is 5.29. The number of halogens is 1. The Morgan fingerprint density at radius 2 is 2.42 bits per heavy atom. The molecule has 1 aliphatic rings. The van der Waals surface area contributed by atoms with Gasteiger partial charge in [-0.2, -0.15) is 0 Å². The van der Waals surface area contributed by atoms with Gasteiger partial charge >= 0.3 is 0 Å². The van der Waals surface area contributed by atoms with Crippen LogP contribution < -0.4 is 5.32 Å². The van der Waals surface area contributed by atoms with E-state index in [2.05, 4.69) is 10.3 Å². The molecule has 1 N–H and O–H groups in total. The van der Waals surface area contributed by atoms with Crippen LogP contribution in [0.15, 0.2) is 10.6 Å². The van der Waals surface area contributed by atoms with E-state index in [0.717, 1.165) is 24.2 Å². The van der Waals surface area contributed by atoms with Crippen LogP contribution in [0.4, 0.5) is 0 Å². The van der Waals surface area contributed by atoms with E-state index >= 15 is 0 Å². The maximum Gasteiger partial charge on any atom is 0.191 e. The molecule has 0 aliphatic heterocycles. The first-order valence-electron chi connectivity index (χ1n) is 3.99. The monoisotopic (exact) mass is 188 g/mol. The minimum absolute atomic E-state index is 0. The third-order valence-electron chi connectivity index (χ3n) is 1.81. The highest BCUT2D eigenvalue weighted by molar-refractivity contribution is 5.85. The highest BCUT2D eigenvalue weighted by atomic mass is 35.5. The van der Waals surface area contributed by atoms with E-state index in [9.17, 15) is 0 Å². The summed E-state index contributed by atoms with van der Waals surface area (Å²) >= 11 is 0. The zero-order valence-electron chi connectivity index (χ0n) is 7.04. The molecule has 0 aromatic carbocycles. The van der Waals surface area contributed by atoms with Gasteiger partial charge in [-0.15, -0.1) is 12.4 Å². The van der Waals surface area contributed by atoms with E-state index in [0.29, 0.717) is 0 Å². The van der Waals surface area contributed by atoms with E-state index in [1.165, 1.54) is 12.8 Å². The lowest BCUT2D eigenvalue weighted by Crippen LogP contribution is -2.14. The summed E-state index contributed by atoms with van der Waals surface area (Å²) in [7, 11) is 0. The zero-order valence-corrected chi connectivity index (χ0v) is 7.86. The lowest BCUT2D eigenvalue weighted by Gasteiger charge is -1.96. The minimum atomic E-state index is 0. The molecule has 0 spiro atoms. The molecule has 4 heteroatoms. The van der Waals surface area contributed by atoms with Crippen molar-refractivity contribution in [2.75, 3.05) is 0 Å². The van der Waals surface area contributed by atoms with Crippen LogP contribution in [-0.4, -0.2) is 11.0 Å². The Bertz CT molecular complexity index is 245. The molecule has 1 aromatic rings. The van der Waals surface area contributed by atoms with Gasteiger partial charge in [-0.1, -0.05) is 0 Å². The summed E-state index contributed by atoms with van der Waals surface area (Å²) in [5, 5.41) is 3.35. The molecule has 0 amide bonds. The van der Waals surface area contributed by atoms with Gasteiger partial charge in [0, 0.05) is 13.0 Å². The topological polar surface area (TPSA) is 38.1 Å². The van der Waals surface area contributed by atoms with Crippen LogP contribution in [0.25, 0.3) is 0 Å². The van der Waals surface area contributed by atoms with Crippen LogP contribution in [0.3, 0.4) is 0 Å². The van der Waals surface area contributed by atoms with Gasteiger partial charge < -0.3 is 9.73 Å². The molecule has 0 atom stereocenters. The zero-order chi connectivity index (χ0) is 7.68. The molecule has 2 rings (SSSR count). The number of oxazole rings is 1. The largest absolute Gasteiger partial charge is 0.445 e. The summed E-state index contributed by atoms with van der Waals surface area (Å²) in [6.45, 7) is 2.69. The van der Waals surface area contributed by atoms with Crippen molar-refractivity contribution in [1.29, 1.82) is 0 Å². The summed E-state index contributed by atoms with van der Waals surface area (Å²) in [4.78, 5) is 4.01. The number of hydrogen-bond acceptors (Lipinski definition) is 3. The Morgan fingerprint density at radius 1 is 1.67 bits per heavy atom. The Balaban J connectivity index is 0.000000720. The number of nitrogens with zero attached hydrogens (tertiary/aromatic N) is 1. The molecule has 1 fully saturated rings. The number of hydrogen-bond donors (Lipinski definition) is 1. The highest BCUT2D eigenvalue weighted by Gasteiger charge is 2.20. The molecule has 0 unspecified atom stereocenters. The number of rotatable bonds is 3. The third-order valence-corrected chi connectivity index (χ3v) is 1.81. The van der Waals surface area contributed by atoms with Crippen LogP contribution in [0.2, 0.25) is 0 Å². The molecule has 68 valence electrons. The Kier molecular flexibility index (Phi) is 3.12. The van der Waals surface area contributed by atoms with Gasteiger partial charge in [-0.3, -0.25) is 0 Å². The first-order valence-corrected chi connectivity index (χ1v) is 3.99. The summed E-state index contributed by atoms with van der Waals surface area (Å²) in [5.74, 6) is 1.69. The second-order valence-corrected chi connectivity index (χ2v) is 3.00. The third kappa shape index (κ3) is 2.50. The van der Waals surface area contributed by atoms with Crippen LogP contribution in [-0.2, 0) is 6.54 Å². The minimum Gasteiger partial charge on any atom is -0.445 e. The van der Waals surface area contributed by atoms with Crippen molar-refractivity contribution in [2.24, 2.45) is 0 Å². The molecular formula is C8H13ClN2O. The van der Waals surface area contributed by atoms with Gasteiger partial charge in [-0.25, -0.2) is 4.98 Å². The van der Waals surface area contributed by atoms with Crippen molar-refractivity contribution in [3.63, 3.8) is 0 Å². The van der Waals surface area contributed by atoms with Crippen LogP contribution in [0.5, 0.6) is 0 Å². The second kappa shape index (κ2) is 3.92. The summed E-state index contributed by atoms with van der Waals surface area (Å²) in [6, 6.07) is 0.736. The molecule has 12 heavy (non-hydrogen) atoms. The lowest BCUT2D eigenvalue weighted by molar-refractivity contribution is 0.454. The van der Waals surface area contributed by atoms with E-state index < -0.39 is 0 Å². The Labute approximate surface area is 78.0 Å². The van der Waals surface area contributed by atoms with Crippen molar-refractivity contribution in [3.05, 3.63) is 17.8 Å². The normalized spacial score (nSPS) is 15.8. The lowest BCUT2D eigenvalue weighted by atomic mass is 10.5. The SMILES string of the molecule is Cc1ncc(CNC2CC2)o1.Cl. The van der Waals surface area contributed by atoms with E-state index in [4.69, 9.17) is 4.42 Å². The molecule has 0 radical (unpaired) electrons. The highest BCUT2D eigenvalue weighted by Crippen LogP contribution is 2.19. The molecule has 1 aliphatic carbocycles. The Hall–Kier alpha value is -0.540. The summed E-state index contributed by atoms with van der Waals surface area (Å²) in [5.41, 5.74) is 0. The van der Waals surface area contributed by atoms with Gasteiger partial charge in [0.25, 0.3) is 0 Å². The second-order valence-electron chi connectivity index (χ2n) is 3.00. The Morgan fingerprint density at radius 3 is 2.92 bits per heavy atom. The molecule has 0 saturated heterocycles. The molecule has 1 heterocycles. The van der Waals surface area contributed by atoms with E-state index in [1.54, 1.807) is 6.20 Å². The summed E-state index contributed by atoms with van der Waals surface area (Å²) < 4.78 is 5.29. The predicted molar refractivity (Wildman–Crippen MR) is 48.3 cm³/mol. The van der Waals surface area contributed by atoms with E-state index in [-0.39, 0.29) is 12.4 Å². The predicted octanol–water partition coefficient (Wildman–Crippen LogP) is 1.66. The smallest absolute Gasteiger partial charge is 0.191 e. The van der Waals surface area contributed by atoms with Crippen LogP contribution >= 0.6 is 12.4 Å². The van der Waals surface area contributed by atoms with Gasteiger partial charge in [0.15, 0.2) is 5.89 Å². The van der Waals surface area contributed by atoms with E-state index in [1.807, 2.05) is 6.92 Å². The first kappa shape index (κ1) is 9.55. The molecular weight excluding hydrogens is 176 g/mol. The first-order chi connectivity index (χ1) is 5.34. The fourth-order valence-corrected chi connectivity index (χ4v) is 1.02. The van der Waals surface area contributed by atoms with Crippen molar-refractivity contribution in [2.45, 2.75) is 32.4 Å². The quantitative estimate of drug-likeness (QED) is 0.784. The van der Waals surface area contributed by atoms with Gasteiger partial charge in [0.2, 0.25) is 0 Å². The van der Waals surface area contributed by atoms with Gasteiger partial charge in [0.05, 0.1) is 12.7 Å². The van der Waals surface area contributed by atoms with Crippen LogP contribution in [0, 0.1) is 6.92 Å². The summed E-state index contributed by atoms with van der Waals surface area (Å²) in [6.07, 6.45) is 4.41. The fourth-order valence-electron chi connectivity index (χ4n) is 1.02. The van der Waals surface area contributed by atoms with Gasteiger partial charge in [0.1, 0.15) is 5.76 Å². The molecule has 1 saturated carbocycles. The fraction of sp³-hybridized carbons (Fsp3) is 0.625. The van der Waals surface area contributed by atoms with Crippen molar-refractivity contribution in [3.8, 4) is 0 Å². The van der Waals surface area contributed by atoms with Crippen molar-refractivity contribution in [1.82, 2.24) is 10.3 Å². The number of aromatic nitrogens is 1. The average molecular weight is 189 g/mol. The molecule has 3 nitrogen and oxygen atoms in total. The number of nitrogens with one attached hydrogen (secondary N) is 1. The molecule has 1 aromatic heterocycles. The average Bonchev–Trinajstić information content (AvgIpc) is 2.72. The van der Waals surface area contributed by atoms with Crippen LogP contribution in [0.1, 0.15) is 24.5 Å². The molecule has 0 bridgehead atoms. The standard InChI is InChI=1S/C8H12N2O.ClH/c1-6-9-4-8(11-6)5-10-7-2-3-7;/h4,7,10H,2-3,5H2,1H3;1H. The van der Waals surface area contributed by atoms with Gasteiger partial charge in [-0.05, 0) is 12.8 Å². The number of aryl methyl sites for hydroxylation is 1. The van der Waals surface area contributed by atoms with Crippen molar-refractivity contribution >= 4 is 12.4 Å². The van der Waals surface area contributed by atoms with Crippen molar-refractivity contribution < 1.29 is 4.42 Å². The maximum atomic E-state index is 5.29.